The van der Waals surface area contributed by atoms with Crippen LogP contribution in [0.5, 0.6) is 0 Å². The predicted octanol–water partition coefficient (Wildman–Crippen LogP) is 3.29. The van der Waals surface area contributed by atoms with Crippen LogP contribution in [0.3, 0.4) is 0 Å². The van der Waals surface area contributed by atoms with Crippen molar-refractivity contribution in [3.8, 4) is 0 Å². The lowest BCUT2D eigenvalue weighted by atomic mass is 10.1. The van der Waals surface area contributed by atoms with E-state index in [2.05, 4.69) is 0 Å². The molecule has 0 N–H and O–H groups in total. The fourth-order valence-corrected chi connectivity index (χ4v) is 2.92. The Morgan fingerprint density at radius 3 is 2.00 bits per heavy atom. The molecule has 0 bridgehead atoms. The van der Waals surface area contributed by atoms with Crippen molar-refractivity contribution >= 4 is 18.2 Å². The topological polar surface area (TPSA) is 76.2 Å². The third-order valence-corrected chi connectivity index (χ3v) is 3.97. The van der Waals surface area contributed by atoms with Gasteiger partial charge in [-0.1, -0.05) is 18.2 Å². The molecule has 1 saturated heterocycles. The van der Waals surface area contributed by atoms with Gasteiger partial charge < -0.3 is 14.4 Å². The monoisotopic (exact) mass is 362 g/mol. The molecular weight excluding hydrogens is 336 g/mol. The number of hydrogen-bond acceptors (Lipinski definition) is 5. The largest absolute Gasteiger partial charge is 0.444 e. The quantitative estimate of drug-likeness (QED) is 0.566. The molecule has 0 aromatic heterocycles. The molecule has 0 saturated carbocycles. The van der Waals surface area contributed by atoms with E-state index < -0.39 is 23.8 Å². The second kappa shape index (κ2) is 7.76. The van der Waals surface area contributed by atoms with Crippen molar-refractivity contribution in [2.75, 3.05) is 13.1 Å². The van der Waals surface area contributed by atoms with Gasteiger partial charge in [0.1, 0.15) is 5.60 Å². The molecule has 1 fully saturated rings. The van der Waals surface area contributed by atoms with Crippen LogP contribution in [0, 0.1) is 0 Å². The van der Waals surface area contributed by atoms with Crippen LogP contribution >= 0.6 is 0 Å². The number of nitrogens with zero attached hydrogens (tertiary/aromatic N) is 2. The zero-order valence-corrected chi connectivity index (χ0v) is 15.9. The van der Waals surface area contributed by atoms with Crippen molar-refractivity contribution in [3.63, 3.8) is 0 Å². The van der Waals surface area contributed by atoms with Crippen molar-refractivity contribution in [2.45, 2.75) is 52.3 Å². The predicted molar refractivity (Wildman–Crippen MR) is 95.8 cm³/mol. The van der Waals surface area contributed by atoms with Crippen LogP contribution in [0.25, 0.3) is 0 Å². The van der Waals surface area contributed by atoms with Crippen molar-refractivity contribution in [2.24, 2.45) is 0 Å². The summed E-state index contributed by atoms with van der Waals surface area (Å²) in [6, 6.07) is 7.83. The van der Waals surface area contributed by atoms with E-state index >= 15 is 0 Å². The summed E-state index contributed by atoms with van der Waals surface area (Å²) in [4.78, 5) is 39.8. The molecule has 2 rings (SSSR count). The summed E-state index contributed by atoms with van der Waals surface area (Å²) >= 11 is 0. The molecule has 1 aromatic carbocycles. The lowest BCUT2D eigenvalue weighted by Gasteiger charge is -2.43. The number of rotatable bonds is 1. The summed E-state index contributed by atoms with van der Waals surface area (Å²) in [5, 5.41) is 0. The lowest BCUT2D eigenvalue weighted by molar-refractivity contribution is -0.0147. The highest BCUT2D eigenvalue weighted by molar-refractivity contribution is 5.96. The number of hydrogen-bond donors (Lipinski definition) is 0. The molecule has 142 valence electrons. The molecule has 7 nitrogen and oxygen atoms in total. The van der Waals surface area contributed by atoms with Gasteiger partial charge in [-0.15, -0.1) is 0 Å². The van der Waals surface area contributed by atoms with Gasteiger partial charge in [-0.05, 0) is 46.8 Å². The SMILES string of the molecule is CC1CN(C(=O)OC(=O)c2ccccc2)CC(C)N1C(=O)OC(C)(C)C. The molecule has 1 aromatic rings. The lowest BCUT2D eigenvalue weighted by Crippen LogP contribution is -2.60. The molecule has 26 heavy (non-hydrogen) atoms. The number of amides is 2. The Balaban J connectivity index is 1.98. The van der Waals surface area contributed by atoms with Crippen molar-refractivity contribution in [1.29, 1.82) is 0 Å². The van der Waals surface area contributed by atoms with E-state index in [1.54, 1.807) is 35.2 Å². The van der Waals surface area contributed by atoms with Gasteiger partial charge in [-0.25, -0.2) is 14.4 Å². The average Bonchev–Trinajstić information content (AvgIpc) is 2.53. The zero-order valence-electron chi connectivity index (χ0n) is 15.9. The molecule has 2 unspecified atom stereocenters. The van der Waals surface area contributed by atoms with Crippen molar-refractivity contribution in [1.82, 2.24) is 9.80 Å². The molecule has 7 heteroatoms. The number of benzene rings is 1. The van der Waals surface area contributed by atoms with Crippen LogP contribution in [0.1, 0.15) is 45.0 Å². The molecule has 2 amide bonds. The fourth-order valence-electron chi connectivity index (χ4n) is 2.92. The van der Waals surface area contributed by atoms with Gasteiger partial charge >= 0.3 is 18.2 Å². The summed E-state index contributed by atoms with van der Waals surface area (Å²) in [6.45, 7) is 9.63. The van der Waals surface area contributed by atoms with Crippen molar-refractivity contribution < 1.29 is 23.9 Å². The maximum absolute atomic E-state index is 12.4. The maximum Gasteiger partial charge on any atom is 0.417 e. The summed E-state index contributed by atoms with van der Waals surface area (Å²) in [7, 11) is 0. The Morgan fingerprint density at radius 1 is 0.962 bits per heavy atom. The summed E-state index contributed by atoms with van der Waals surface area (Å²) in [6.07, 6.45) is -1.12. The first-order valence-electron chi connectivity index (χ1n) is 8.66. The maximum atomic E-state index is 12.4. The second-order valence-corrected chi connectivity index (χ2v) is 7.51. The Morgan fingerprint density at radius 2 is 1.50 bits per heavy atom. The van der Waals surface area contributed by atoms with Gasteiger partial charge in [0, 0.05) is 13.1 Å². The Labute approximate surface area is 153 Å². The van der Waals surface area contributed by atoms with E-state index in [9.17, 15) is 14.4 Å². The highest BCUT2D eigenvalue weighted by Gasteiger charge is 2.38. The Kier molecular flexibility index (Phi) is 5.90. The van der Waals surface area contributed by atoms with Gasteiger partial charge in [0.2, 0.25) is 0 Å². The van der Waals surface area contributed by atoms with Crippen LogP contribution in [0.2, 0.25) is 0 Å². The number of carbonyl (C=O) groups is 3. The molecular formula is C19H26N2O5. The van der Waals surface area contributed by atoms with E-state index in [0.717, 1.165) is 0 Å². The Bertz CT molecular complexity index is 656. The first kappa shape index (κ1) is 19.8. The first-order valence-corrected chi connectivity index (χ1v) is 8.66. The fraction of sp³-hybridized carbons (Fsp3) is 0.526. The van der Waals surface area contributed by atoms with E-state index in [1.807, 2.05) is 34.6 Å². The smallest absolute Gasteiger partial charge is 0.417 e. The third-order valence-electron chi connectivity index (χ3n) is 3.97. The molecule has 0 radical (unpaired) electrons. The standard InChI is InChI=1S/C19H26N2O5/c1-13-11-20(12-14(2)21(13)18(24)26-19(3,4)5)17(23)25-16(22)15-9-7-6-8-10-15/h6-10,13-14H,11-12H2,1-5H3. The minimum atomic E-state index is -0.707. The molecule has 0 spiro atoms. The minimum Gasteiger partial charge on any atom is -0.444 e. The summed E-state index contributed by atoms with van der Waals surface area (Å²) < 4.78 is 10.4. The average molecular weight is 362 g/mol. The number of esters is 1. The third kappa shape index (κ3) is 4.97. The van der Waals surface area contributed by atoms with E-state index in [1.165, 1.54) is 4.90 Å². The van der Waals surface area contributed by atoms with Crippen molar-refractivity contribution in [3.05, 3.63) is 35.9 Å². The van der Waals surface area contributed by atoms with E-state index in [0.29, 0.717) is 5.56 Å². The molecule has 0 aliphatic carbocycles. The van der Waals surface area contributed by atoms with Crippen LogP contribution in [0.4, 0.5) is 9.59 Å². The number of ether oxygens (including phenoxy) is 2. The van der Waals surface area contributed by atoms with Gasteiger partial charge in [-0.2, -0.15) is 0 Å². The van der Waals surface area contributed by atoms with E-state index in [-0.39, 0.29) is 25.2 Å². The number of piperazine rings is 1. The molecule has 1 aliphatic rings. The van der Waals surface area contributed by atoms with E-state index in [4.69, 9.17) is 9.47 Å². The zero-order chi connectivity index (χ0) is 19.5. The summed E-state index contributed by atoms with van der Waals surface area (Å²) in [5.74, 6) is -0.689. The summed E-state index contributed by atoms with van der Waals surface area (Å²) in [5.41, 5.74) is -0.274. The molecule has 1 aliphatic heterocycles. The first-order chi connectivity index (χ1) is 12.1. The Hall–Kier alpha value is -2.57. The van der Waals surface area contributed by atoms with Gasteiger partial charge in [0.25, 0.3) is 0 Å². The van der Waals surface area contributed by atoms with Crippen LogP contribution in [-0.4, -0.2) is 58.7 Å². The van der Waals surface area contributed by atoms with Gasteiger partial charge in [0.05, 0.1) is 17.6 Å². The normalized spacial score (nSPS) is 20.5. The molecule has 2 atom stereocenters. The second-order valence-electron chi connectivity index (χ2n) is 7.51. The highest BCUT2D eigenvalue weighted by atomic mass is 16.6. The van der Waals surface area contributed by atoms with Gasteiger partial charge in [0.15, 0.2) is 0 Å². The van der Waals surface area contributed by atoms with Crippen LogP contribution in [0.15, 0.2) is 30.3 Å². The minimum absolute atomic E-state index is 0.257. The highest BCUT2D eigenvalue weighted by Crippen LogP contribution is 2.20. The number of carbonyl (C=O) groups excluding carboxylic acids is 3. The molecule has 1 heterocycles. The van der Waals surface area contributed by atoms with Crippen LogP contribution in [-0.2, 0) is 9.47 Å². The van der Waals surface area contributed by atoms with Crippen LogP contribution < -0.4 is 0 Å². The van der Waals surface area contributed by atoms with Gasteiger partial charge in [-0.3, -0.25) is 4.90 Å².